The van der Waals surface area contributed by atoms with Crippen LogP contribution in [-0.4, -0.2) is 42.7 Å². The highest BCUT2D eigenvalue weighted by Crippen LogP contribution is 2.40. The number of benzene rings is 1. The molecule has 5 heteroatoms. The number of allylic oxidation sites excluding steroid dienone is 1. The minimum Gasteiger partial charge on any atom is -0.494 e. The van der Waals surface area contributed by atoms with Crippen LogP contribution in [0.1, 0.15) is 34.0 Å². The largest absolute Gasteiger partial charge is 0.494 e. The molecule has 0 saturated carbocycles. The van der Waals surface area contributed by atoms with E-state index >= 15 is 0 Å². The van der Waals surface area contributed by atoms with Crippen LogP contribution >= 0.6 is 0 Å². The number of ether oxygens (including phenoxy) is 1. The molecule has 2 heterocycles. The first-order valence-electron chi connectivity index (χ1n) is 9.63. The first-order chi connectivity index (χ1) is 13.9. The Balaban J connectivity index is 1.78. The molecular formula is C24H25N3O2. The first-order valence-corrected chi connectivity index (χ1v) is 9.63. The molecule has 4 rings (SSSR count). The number of aromatic nitrogens is 1. The maximum Gasteiger partial charge on any atom is 0.234 e. The molecule has 5 nitrogen and oxygen atoms in total. The molecule has 0 fully saturated rings. The lowest BCUT2D eigenvalue weighted by atomic mass is 9.91. The Labute approximate surface area is 171 Å². The van der Waals surface area contributed by atoms with E-state index in [1.165, 1.54) is 0 Å². The normalized spacial score (nSPS) is 19.0. The van der Waals surface area contributed by atoms with Gasteiger partial charge in [0.15, 0.2) is 0 Å². The number of methoxy groups -OCH3 is 1. The Morgan fingerprint density at radius 2 is 1.97 bits per heavy atom. The minimum absolute atomic E-state index is 0.0459. The van der Waals surface area contributed by atoms with Gasteiger partial charge in [-0.05, 0) is 54.3 Å². The van der Waals surface area contributed by atoms with Crippen molar-refractivity contribution in [3.8, 4) is 0 Å². The molecule has 1 aliphatic heterocycles. The van der Waals surface area contributed by atoms with E-state index in [4.69, 9.17) is 9.73 Å². The van der Waals surface area contributed by atoms with Crippen LogP contribution in [0, 0.1) is 13.8 Å². The zero-order valence-electron chi connectivity index (χ0n) is 17.4. The number of rotatable bonds is 4. The lowest BCUT2D eigenvalue weighted by molar-refractivity contribution is -0.129. The second-order valence-corrected chi connectivity index (χ2v) is 7.68. The van der Waals surface area contributed by atoms with E-state index in [9.17, 15) is 4.79 Å². The Hall–Kier alpha value is -3.34. The van der Waals surface area contributed by atoms with Crippen LogP contribution in [0.25, 0.3) is 12.2 Å². The average Bonchev–Trinajstić information content (AvgIpc) is 3.36. The molecule has 1 unspecified atom stereocenters. The topological polar surface area (TPSA) is 57.7 Å². The van der Waals surface area contributed by atoms with Gasteiger partial charge in [-0.15, -0.1) is 0 Å². The maximum atomic E-state index is 13.0. The summed E-state index contributed by atoms with van der Waals surface area (Å²) in [6.07, 6.45) is 5.98. The van der Waals surface area contributed by atoms with Gasteiger partial charge in [-0.3, -0.25) is 4.79 Å². The summed E-state index contributed by atoms with van der Waals surface area (Å²) < 4.78 is 5.59. The molecule has 1 N–H and O–H groups in total. The van der Waals surface area contributed by atoms with Crippen LogP contribution in [0.15, 0.2) is 58.4 Å². The number of likely N-dealkylation sites (N-methyl/N-ethyl adjacent to an activating group) is 1. The van der Waals surface area contributed by atoms with Gasteiger partial charge in [-0.1, -0.05) is 24.3 Å². The van der Waals surface area contributed by atoms with E-state index < -0.39 is 0 Å². The summed E-state index contributed by atoms with van der Waals surface area (Å²) in [5.74, 6) is 0.382. The van der Waals surface area contributed by atoms with Crippen molar-refractivity contribution in [2.75, 3.05) is 21.2 Å². The van der Waals surface area contributed by atoms with E-state index in [2.05, 4.69) is 24.1 Å². The molecule has 1 aliphatic carbocycles. The molecule has 2 aliphatic rings. The highest BCUT2D eigenvalue weighted by molar-refractivity contribution is 6.19. The van der Waals surface area contributed by atoms with Gasteiger partial charge >= 0.3 is 0 Å². The molecule has 1 aromatic heterocycles. The van der Waals surface area contributed by atoms with Gasteiger partial charge in [0.2, 0.25) is 5.91 Å². The highest BCUT2D eigenvalue weighted by atomic mass is 16.5. The monoisotopic (exact) mass is 387 g/mol. The molecule has 0 saturated heterocycles. The molecule has 1 aromatic carbocycles. The Bertz CT molecular complexity index is 1110. The predicted molar refractivity (Wildman–Crippen MR) is 117 cm³/mol. The molecule has 1 atom stereocenters. The molecule has 1 amide bonds. The van der Waals surface area contributed by atoms with Crippen molar-refractivity contribution in [3.05, 3.63) is 81.5 Å². The van der Waals surface area contributed by atoms with Gasteiger partial charge in [0.05, 0.1) is 18.7 Å². The van der Waals surface area contributed by atoms with Crippen molar-refractivity contribution in [2.45, 2.75) is 19.8 Å². The number of nitrogens with one attached hydrogen (secondary N) is 1. The summed E-state index contributed by atoms with van der Waals surface area (Å²) in [7, 11) is 5.22. The SMILES string of the molecule is COC1=CC(C2=Cc3ccccc3C2C(=O)N(C)C)=NC1=Cc1[nH]c(C)cc1C. The second kappa shape index (κ2) is 7.24. The zero-order valence-corrected chi connectivity index (χ0v) is 17.4. The number of aromatic amines is 1. The highest BCUT2D eigenvalue weighted by Gasteiger charge is 2.35. The van der Waals surface area contributed by atoms with Gasteiger partial charge in [0.25, 0.3) is 0 Å². The summed E-state index contributed by atoms with van der Waals surface area (Å²) in [4.78, 5) is 22.8. The third kappa shape index (κ3) is 3.33. The van der Waals surface area contributed by atoms with Crippen molar-refractivity contribution < 1.29 is 9.53 Å². The van der Waals surface area contributed by atoms with Crippen molar-refractivity contribution in [3.63, 3.8) is 0 Å². The summed E-state index contributed by atoms with van der Waals surface area (Å²) in [5.41, 5.74) is 7.77. The van der Waals surface area contributed by atoms with Gasteiger partial charge in [0, 0.05) is 31.6 Å². The van der Waals surface area contributed by atoms with Crippen LogP contribution < -0.4 is 0 Å². The minimum atomic E-state index is -0.358. The lowest BCUT2D eigenvalue weighted by Gasteiger charge is -2.20. The number of nitrogens with zero attached hydrogens (tertiary/aromatic N) is 2. The van der Waals surface area contributed by atoms with Crippen LogP contribution in [0.4, 0.5) is 0 Å². The number of carbonyl (C=O) groups is 1. The van der Waals surface area contributed by atoms with Crippen molar-refractivity contribution in [1.82, 2.24) is 9.88 Å². The fraction of sp³-hybridized carbons (Fsp3) is 0.250. The van der Waals surface area contributed by atoms with Crippen LogP contribution in [0.5, 0.6) is 0 Å². The first kappa shape index (κ1) is 19.0. The molecule has 0 spiro atoms. The molecule has 148 valence electrons. The molecule has 0 radical (unpaired) electrons. The number of aliphatic imine (C=N–C) groups is 1. The molecule has 0 bridgehead atoms. The average molecular weight is 387 g/mol. The predicted octanol–water partition coefficient (Wildman–Crippen LogP) is 4.23. The summed E-state index contributed by atoms with van der Waals surface area (Å²) in [6, 6.07) is 10.1. The molecule has 29 heavy (non-hydrogen) atoms. The number of hydrogen-bond acceptors (Lipinski definition) is 3. The van der Waals surface area contributed by atoms with Gasteiger partial charge in [0.1, 0.15) is 11.5 Å². The third-order valence-electron chi connectivity index (χ3n) is 5.36. The summed E-state index contributed by atoms with van der Waals surface area (Å²) >= 11 is 0. The van der Waals surface area contributed by atoms with Crippen LogP contribution in [0.2, 0.25) is 0 Å². The fourth-order valence-corrected chi connectivity index (χ4v) is 3.94. The number of amides is 1. The van der Waals surface area contributed by atoms with Crippen molar-refractivity contribution in [2.24, 2.45) is 4.99 Å². The van der Waals surface area contributed by atoms with Gasteiger partial charge in [-0.25, -0.2) is 4.99 Å². The number of fused-ring (bicyclic) bond motifs is 1. The number of carbonyl (C=O) groups excluding carboxylic acids is 1. The van der Waals surface area contributed by atoms with Crippen LogP contribution in [-0.2, 0) is 9.53 Å². The smallest absolute Gasteiger partial charge is 0.234 e. The van der Waals surface area contributed by atoms with E-state index in [0.717, 1.165) is 45.1 Å². The Morgan fingerprint density at radius 1 is 1.21 bits per heavy atom. The maximum absolute atomic E-state index is 13.0. The zero-order chi connectivity index (χ0) is 20.7. The van der Waals surface area contributed by atoms with Crippen molar-refractivity contribution in [1.29, 1.82) is 0 Å². The lowest BCUT2D eigenvalue weighted by Crippen LogP contribution is -2.29. The van der Waals surface area contributed by atoms with E-state index in [1.54, 1.807) is 26.1 Å². The Kier molecular flexibility index (Phi) is 4.74. The van der Waals surface area contributed by atoms with Gasteiger partial charge < -0.3 is 14.6 Å². The number of hydrogen-bond donors (Lipinski definition) is 1. The fourth-order valence-electron chi connectivity index (χ4n) is 3.94. The van der Waals surface area contributed by atoms with E-state index in [-0.39, 0.29) is 11.8 Å². The second-order valence-electron chi connectivity index (χ2n) is 7.68. The number of H-pyrrole nitrogens is 1. The van der Waals surface area contributed by atoms with Crippen LogP contribution in [0.3, 0.4) is 0 Å². The molecule has 2 aromatic rings. The standard InChI is InChI=1S/C24H25N3O2/c1-14-10-15(2)25-19(14)12-21-22(29-5)13-20(26-21)18-11-16-8-6-7-9-17(16)23(18)24(28)27(3)4/h6-13,23,25H,1-5H3. The Morgan fingerprint density at radius 3 is 2.62 bits per heavy atom. The van der Waals surface area contributed by atoms with E-state index in [1.807, 2.05) is 43.3 Å². The molecular weight excluding hydrogens is 362 g/mol. The number of aryl methyl sites for hydroxylation is 2. The summed E-state index contributed by atoms with van der Waals surface area (Å²) in [5, 5.41) is 0. The van der Waals surface area contributed by atoms with Gasteiger partial charge in [-0.2, -0.15) is 0 Å². The third-order valence-corrected chi connectivity index (χ3v) is 5.36. The van der Waals surface area contributed by atoms with E-state index in [0.29, 0.717) is 5.76 Å². The quantitative estimate of drug-likeness (QED) is 0.854. The summed E-state index contributed by atoms with van der Waals surface area (Å²) in [6.45, 7) is 4.09. The van der Waals surface area contributed by atoms with Crippen molar-refractivity contribution >= 4 is 23.8 Å².